The molecule has 0 spiro atoms. The Morgan fingerprint density at radius 1 is 1.31 bits per heavy atom. The maximum Gasteiger partial charge on any atom is 0.258 e. The summed E-state index contributed by atoms with van der Waals surface area (Å²) >= 11 is 1.70. The van der Waals surface area contributed by atoms with Crippen molar-refractivity contribution in [3.05, 3.63) is 60.2 Å². The molecule has 0 radical (unpaired) electrons. The number of aromatic nitrogens is 2. The summed E-state index contributed by atoms with van der Waals surface area (Å²) in [5.41, 5.74) is 1.80. The number of ether oxygens (including phenoxy) is 1. The minimum absolute atomic E-state index is 0.181. The monoisotopic (exact) mass is 373 g/mol. The van der Waals surface area contributed by atoms with E-state index in [1.54, 1.807) is 17.8 Å². The average molecular weight is 373 g/mol. The number of benzene rings is 2. The Kier molecular flexibility index (Phi) is 6.12. The molecule has 7 heteroatoms. The number of thioether (sulfide) groups is 1. The first kappa shape index (κ1) is 18.3. The molecule has 136 valence electrons. The molecule has 1 amide bonds. The first-order chi connectivity index (χ1) is 12.7. The molecule has 2 N–H and O–H groups in total. The van der Waals surface area contributed by atoms with E-state index in [2.05, 4.69) is 15.3 Å². The average Bonchev–Trinajstić information content (AvgIpc) is 3.07. The minimum atomic E-state index is -0.400. The summed E-state index contributed by atoms with van der Waals surface area (Å²) < 4.78 is 18.5. The number of aromatic amines is 1. The second-order valence-corrected chi connectivity index (χ2v) is 6.77. The first-order valence-electron chi connectivity index (χ1n) is 8.27. The van der Waals surface area contributed by atoms with Crippen molar-refractivity contribution in [1.82, 2.24) is 15.3 Å². The third-order valence-corrected chi connectivity index (χ3v) is 4.49. The van der Waals surface area contributed by atoms with Gasteiger partial charge in [0.2, 0.25) is 0 Å². The molecule has 1 heterocycles. The lowest BCUT2D eigenvalue weighted by atomic mass is 10.2. The van der Waals surface area contributed by atoms with E-state index in [4.69, 9.17) is 4.74 Å². The van der Waals surface area contributed by atoms with Crippen molar-refractivity contribution in [3.63, 3.8) is 0 Å². The Bertz CT molecular complexity index is 851. The summed E-state index contributed by atoms with van der Waals surface area (Å²) in [6.45, 7) is -0.181. The number of amides is 1. The number of para-hydroxylation sites is 2. The van der Waals surface area contributed by atoms with Crippen molar-refractivity contribution < 1.29 is 13.9 Å². The topological polar surface area (TPSA) is 67.0 Å². The summed E-state index contributed by atoms with van der Waals surface area (Å²) in [5, 5.41) is 2.95. The number of carbonyl (C=O) groups is 1. The smallest absolute Gasteiger partial charge is 0.258 e. The van der Waals surface area contributed by atoms with Crippen molar-refractivity contribution in [2.24, 2.45) is 0 Å². The Morgan fingerprint density at radius 2 is 2.15 bits per heavy atom. The van der Waals surface area contributed by atoms with Crippen LogP contribution in [0.1, 0.15) is 18.3 Å². The van der Waals surface area contributed by atoms with E-state index in [-0.39, 0.29) is 18.6 Å². The van der Waals surface area contributed by atoms with Gasteiger partial charge in [0.05, 0.1) is 17.1 Å². The van der Waals surface area contributed by atoms with Crippen LogP contribution in [0.4, 0.5) is 4.39 Å². The van der Waals surface area contributed by atoms with E-state index >= 15 is 0 Å². The number of nitrogens with one attached hydrogen (secondary N) is 2. The van der Waals surface area contributed by atoms with Crippen LogP contribution in [0.15, 0.2) is 48.5 Å². The summed E-state index contributed by atoms with van der Waals surface area (Å²) in [4.78, 5) is 20.1. The SMILES string of the molecule is CSCCC(NC(=O)COc1cccc(F)c1)c1nc2ccccc2[nH]1. The summed E-state index contributed by atoms with van der Waals surface area (Å²) in [6, 6.07) is 13.2. The quantitative estimate of drug-likeness (QED) is 0.632. The molecule has 2 aromatic carbocycles. The Balaban J connectivity index is 1.66. The number of nitrogens with zero attached hydrogens (tertiary/aromatic N) is 1. The van der Waals surface area contributed by atoms with Crippen LogP contribution in [0.5, 0.6) is 5.75 Å². The zero-order valence-corrected chi connectivity index (χ0v) is 15.2. The predicted molar refractivity (Wildman–Crippen MR) is 102 cm³/mol. The minimum Gasteiger partial charge on any atom is -0.484 e. The van der Waals surface area contributed by atoms with Crippen LogP contribution in [0.2, 0.25) is 0 Å². The summed E-state index contributed by atoms with van der Waals surface area (Å²) in [7, 11) is 0. The second kappa shape index (κ2) is 8.71. The number of halogens is 1. The number of hydrogen-bond acceptors (Lipinski definition) is 4. The maximum atomic E-state index is 13.2. The van der Waals surface area contributed by atoms with Crippen molar-refractivity contribution in [2.75, 3.05) is 18.6 Å². The van der Waals surface area contributed by atoms with Gasteiger partial charge in [-0.1, -0.05) is 18.2 Å². The lowest BCUT2D eigenvalue weighted by Gasteiger charge is -2.16. The van der Waals surface area contributed by atoms with Crippen LogP contribution >= 0.6 is 11.8 Å². The van der Waals surface area contributed by atoms with Gasteiger partial charge in [0.1, 0.15) is 17.4 Å². The third kappa shape index (κ3) is 4.76. The number of imidazole rings is 1. The van der Waals surface area contributed by atoms with Crippen LogP contribution in [0.25, 0.3) is 11.0 Å². The molecule has 1 unspecified atom stereocenters. The fourth-order valence-corrected chi connectivity index (χ4v) is 3.06. The van der Waals surface area contributed by atoms with Crippen molar-refractivity contribution in [1.29, 1.82) is 0 Å². The molecule has 0 saturated heterocycles. The standard InChI is InChI=1S/C19H20FN3O2S/c1-26-10-9-17(19-22-15-7-2-3-8-16(15)23-19)21-18(24)12-25-14-6-4-5-13(20)11-14/h2-8,11,17H,9-10,12H2,1H3,(H,21,24)(H,22,23). The van der Waals surface area contributed by atoms with Gasteiger partial charge in [-0.15, -0.1) is 0 Å². The second-order valence-electron chi connectivity index (χ2n) is 5.79. The van der Waals surface area contributed by atoms with Gasteiger partial charge in [-0.3, -0.25) is 4.79 Å². The molecule has 5 nitrogen and oxygen atoms in total. The van der Waals surface area contributed by atoms with Crippen LogP contribution in [-0.2, 0) is 4.79 Å². The van der Waals surface area contributed by atoms with E-state index in [9.17, 15) is 9.18 Å². The molecule has 1 atom stereocenters. The lowest BCUT2D eigenvalue weighted by Crippen LogP contribution is -2.33. The van der Waals surface area contributed by atoms with Gasteiger partial charge in [-0.2, -0.15) is 11.8 Å². The zero-order chi connectivity index (χ0) is 18.4. The van der Waals surface area contributed by atoms with E-state index in [0.29, 0.717) is 5.75 Å². The number of H-pyrrole nitrogens is 1. The van der Waals surface area contributed by atoms with E-state index in [0.717, 1.165) is 29.0 Å². The predicted octanol–water partition coefficient (Wildman–Crippen LogP) is 3.69. The number of fused-ring (bicyclic) bond motifs is 1. The van der Waals surface area contributed by atoms with E-state index in [1.165, 1.54) is 18.2 Å². The third-order valence-electron chi connectivity index (χ3n) is 3.85. The molecule has 0 aliphatic heterocycles. The Morgan fingerprint density at radius 3 is 2.92 bits per heavy atom. The van der Waals surface area contributed by atoms with Crippen LogP contribution < -0.4 is 10.1 Å². The van der Waals surface area contributed by atoms with E-state index in [1.807, 2.05) is 30.5 Å². The highest BCUT2D eigenvalue weighted by atomic mass is 32.2. The number of rotatable bonds is 8. The van der Waals surface area contributed by atoms with Crippen LogP contribution in [-0.4, -0.2) is 34.5 Å². The molecule has 0 saturated carbocycles. The highest BCUT2D eigenvalue weighted by molar-refractivity contribution is 7.98. The molecule has 0 bridgehead atoms. The zero-order valence-electron chi connectivity index (χ0n) is 14.4. The highest BCUT2D eigenvalue weighted by Gasteiger charge is 2.18. The van der Waals surface area contributed by atoms with Gasteiger partial charge in [-0.05, 0) is 42.7 Å². The lowest BCUT2D eigenvalue weighted by molar-refractivity contribution is -0.123. The van der Waals surface area contributed by atoms with Crippen molar-refractivity contribution >= 4 is 28.7 Å². The van der Waals surface area contributed by atoms with Crippen LogP contribution in [0.3, 0.4) is 0 Å². The first-order valence-corrected chi connectivity index (χ1v) is 9.66. The normalized spacial score (nSPS) is 12.1. The molecule has 3 rings (SSSR count). The van der Waals surface area contributed by atoms with Crippen molar-refractivity contribution in [2.45, 2.75) is 12.5 Å². The fourth-order valence-electron chi connectivity index (χ4n) is 2.59. The fraction of sp³-hybridized carbons (Fsp3) is 0.263. The molecule has 1 aromatic heterocycles. The Hall–Kier alpha value is -2.54. The van der Waals surface area contributed by atoms with Crippen molar-refractivity contribution in [3.8, 4) is 5.75 Å². The van der Waals surface area contributed by atoms with Gasteiger partial charge in [0, 0.05) is 6.07 Å². The number of hydrogen-bond donors (Lipinski definition) is 2. The molecule has 0 aliphatic carbocycles. The largest absolute Gasteiger partial charge is 0.484 e. The summed E-state index contributed by atoms with van der Waals surface area (Å²) in [5.74, 6) is 1.25. The van der Waals surface area contributed by atoms with Gasteiger partial charge in [0.15, 0.2) is 6.61 Å². The molecule has 3 aromatic rings. The highest BCUT2D eigenvalue weighted by Crippen LogP contribution is 2.20. The van der Waals surface area contributed by atoms with Gasteiger partial charge in [0.25, 0.3) is 5.91 Å². The molecule has 26 heavy (non-hydrogen) atoms. The molecular formula is C19H20FN3O2S. The molecule has 0 aliphatic rings. The molecular weight excluding hydrogens is 353 g/mol. The Labute approximate surface area is 155 Å². The van der Waals surface area contributed by atoms with Gasteiger partial charge in [-0.25, -0.2) is 9.37 Å². The summed E-state index contributed by atoms with van der Waals surface area (Å²) in [6.07, 6.45) is 2.76. The molecule has 0 fully saturated rings. The number of carbonyl (C=O) groups excluding carboxylic acids is 1. The van der Waals surface area contributed by atoms with Gasteiger partial charge >= 0.3 is 0 Å². The van der Waals surface area contributed by atoms with E-state index < -0.39 is 5.82 Å². The van der Waals surface area contributed by atoms with Gasteiger partial charge < -0.3 is 15.0 Å². The van der Waals surface area contributed by atoms with Crippen LogP contribution in [0, 0.1) is 5.82 Å². The maximum absolute atomic E-state index is 13.2.